The van der Waals surface area contributed by atoms with Gasteiger partial charge in [-0.2, -0.15) is 0 Å². The van der Waals surface area contributed by atoms with Crippen molar-refractivity contribution in [1.29, 1.82) is 0 Å². The second-order valence-electron chi connectivity index (χ2n) is 5.20. The predicted octanol–water partition coefficient (Wildman–Crippen LogP) is 4.94. The summed E-state index contributed by atoms with van der Waals surface area (Å²) >= 11 is 12.8. The Morgan fingerprint density at radius 2 is 1.85 bits per heavy atom. The number of carbonyl (C=O) groups is 1. The van der Waals surface area contributed by atoms with E-state index in [0.29, 0.717) is 12.8 Å². The highest BCUT2D eigenvalue weighted by Crippen LogP contribution is 2.40. The average molecular weight is 317 g/mol. The van der Waals surface area contributed by atoms with Gasteiger partial charge in [0, 0.05) is 0 Å². The molecule has 2 nitrogen and oxygen atoms in total. The molecule has 1 aromatic rings. The minimum absolute atomic E-state index is 0.275. The molecule has 1 rings (SSSR count). The van der Waals surface area contributed by atoms with Crippen molar-refractivity contribution in [2.75, 3.05) is 7.11 Å². The van der Waals surface area contributed by atoms with Gasteiger partial charge in [-0.15, -0.1) is 23.2 Å². The van der Waals surface area contributed by atoms with Gasteiger partial charge in [0.25, 0.3) is 0 Å². The average Bonchev–Trinajstić information content (AvgIpc) is 2.44. The number of halogens is 2. The van der Waals surface area contributed by atoms with Crippen molar-refractivity contribution in [3.05, 3.63) is 35.9 Å². The maximum atomic E-state index is 11.5. The number of ether oxygens (including phenoxy) is 1. The molecule has 2 unspecified atom stereocenters. The van der Waals surface area contributed by atoms with Gasteiger partial charge >= 0.3 is 5.97 Å². The first-order valence-corrected chi connectivity index (χ1v) is 7.65. The Labute approximate surface area is 131 Å². The van der Waals surface area contributed by atoms with Crippen molar-refractivity contribution in [3.63, 3.8) is 0 Å². The summed E-state index contributed by atoms with van der Waals surface area (Å²) in [6.07, 6.45) is 1.97. The summed E-state index contributed by atoms with van der Waals surface area (Å²) < 4.78 is 3.79. The Morgan fingerprint density at radius 3 is 2.35 bits per heavy atom. The lowest BCUT2D eigenvalue weighted by Crippen LogP contribution is -2.25. The molecule has 0 aliphatic rings. The summed E-state index contributed by atoms with van der Waals surface area (Å²) in [5.74, 6) is -0.289. The van der Waals surface area contributed by atoms with E-state index in [9.17, 15) is 4.79 Å². The fourth-order valence-corrected chi connectivity index (χ4v) is 3.23. The molecule has 0 spiro atoms. The second kappa shape index (κ2) is 7.90. The van der Waals surface area contributed by atoms with E-state index in [0.717, 1.165) is 6.42 Å². The molecule has 4 heteroatoms. The van der Waals surface area contributed by atoms with Gasteiger partial charge in [0.2, 0.25) is 0 Å². The Kier molecular flexibility index (Phi) is 6.84. The summed E-state index contributed by atoms with van der Waals surface area (Å²) in [7, 11) is 1.38. The molecule has 2 atom stereocenters. The third-order valence-corrected chi connectivity index (χ3v) is 4.13. The topological polar surface area (TPSA) is 26.3 Å². The first-order valence-electron chi connectivity index (χ1n) is 6.90. The molecule has 0 fully saturated rings. The molecule has 0 saturated carbocycles. The minimum atomic E-state index is -0.926. The molecule has 112 valence electrons. The lowest BCUT2D eigenvalue weighted by molar-refractivity contribution is -0.145. The van der Waals surface area contributed by atoms with E-state index in [1.165, 1.54) is 12.7 Å². The Morgan fingerprint density at radius 1 is 1.25 bits per heavy atom. The third-order valence-electron chi connectivity index (χ3n) is 3.52. The van der Waals surface area contributed by atoms with E-state index < -0.39 is 4.33 Å². The molecule has 0 amide bonds. The molecule has 0 heterocycles. The normalized spacial score (nSPS) is 14.7. The van der Waals surface area contributed by atoms with Crippen LogP contribution in [0.3, 0.4) is 0 Å². The van der Waals surface area contributed by atoms with Crippen LogP contribution in [0.25, 0.3) is 0 Å². The monoisotopic (exact) mass is 316 g/mol. The number of hydrogen-bond donors (Lipinski definition) is 0. The molecule has 0 N–H and O–H groups in total. The van der Waals surface area contributed by atoms with Crippen LogP contribution in [-0.4, -0.2) is 17.4 Å². The van der Waals surface area contributed by atoms with Gasteiger partial charge in [-0.05, 0) is 30.7 Å². The predicted molar refractivity (Wildman–Crippen MR) is 84.3 cm³/mol. The van der Waals surface area contributed by atoms with Crippen molar-refractivity contribution >= 4 is 29.2 Å². The maximum absolute atomic E-state index is 11.5. The number of esters is 1. The molecule has 0 aliphatic heterocycles. The van der Waals surface area contributed by atoms with Gasteiger partial charge in [0.15, 0.2) is 0 Å². The van der Waals surface area contributed by atoms with E-state index in [2.05, 4.69) is 19.1 Å². The van der Waals surface area contributed by atoms with Crippen LogP contribution in [0.4, 0.5) is 0 Å². The number of methoxy groups -OCH3 is 1. The van der Waals surface area contributed by atoms with Crippen LogP contribution in [0, 0.1) is 5.92 Å². The highest BCUT2D eigenvalue weighted by atomic mass is 35.5. The smallest absolute Gasteiger partial charge is 0.308 e. The van der Waals surface area contributed by atoms with Gasteiger partial charge in [0.1, 0.15) is 4.33 Å². The lowest BCUT2D eigenvalue weighted by atomic mass is 9.89. The third kappa shape index (κ3) is 5.34. The van der Waals surface area contributed by atoms with Crippen molar-refractivity contribution in [2.45, 2.75) is 43.4 Å². The Bertz CT molecular complexity index is 418. The number of alkyl halides is 2. The quantitative estimate of drug-likeness (QED) is 0.526. The van der Waals surface area contributed by atoms with Crippen molar-refractivity contribution in [3.8, 4) is 0 Å². The Balaban J connectivity index is 2.70. The summed E-state index contributed by atoms with van der Waals surface area (Å²) in [5.41, 5.74) is 1.23. The SMILES string of the molecule is CCC(CC(Cl)(Cl)CC(C)C(=O)OC)c1ccccc1. The molecule has 0 radical (unpaired) electrons. The second-order valence-corrected chi connectivity index (χ2v) is 6.84. The zero-order valence-corrected chi connectivity index (χ0v) is 13.7. The van der Waals surface area contributed by atoms with Gasteiger partial charge in [-0.3, -0.25) is 4.79 Å². The van der Waals surface area contributed by atoms with Crippen LogP contribution in [0.5, 0.6) is 0 Å². The lowest BCUT2D eigenvalue weighted by Gasteiger charge is -2.27. The standard InChI is InChI=1S/C16H22Cl2O2/c1-4-13(14-8-6-5-7-9-14)11-16(17,18)10-12(2)15(19)20-3/h5-9,12-13H,4,10-11H2,1-3H3. The first kappa shape index (κ1) is 17.3. The summed E-state index contributed by atoms with van der Waals surface area (Å²) in [4.78, 5) is 11.5. The number of carbonyl (C=O) groups excluding carboxylic acids is 1. The maximum Gasteiger partial charge on any atom is 0.308 e. The van der Waals surface area contributed by atoms with Crippen molar-refractivity contribution < 1.29 is 9.53 Å². The largest absolute Gasteiger partial charge is 0.469 e. The van der Waals surface area contributed by atoms with Crippen LogP contribution in [0.1, 0.15) is 44.6 Å². The summed E-state index contributed by atoms with van der Waals surface area (Å²) in [6.45, 7) is 3.90. The first-order chi connectivity index (χ1) is 9.39. The van der Waals surface area contributed by atoms with Crippen molar-refractivity contribution in [2.24, 2.45) is 5.92 Å². The fraction of sp³-hybridized carbons (Fsp3) is 0.562. The molecule has 20 heavy (non-hydrogen) atoms. The van der Waals surface area contributed by atoms with E-state index in [1.807, 2.05) is 18.2 Å². The molecular formula is C16H22Cl2O2. The van der Waals surface area contributed by atoms with Gasteiger partial charge in [0.05, 0.1) is 13.0 Å². The van der Waals surface area contributed by atoms with E-state index in [1.54, 1.807) is 6.92 Å². The van der Waals surface area contributed by atoms with Crippen LogP contribution in [-0.2, 0) is 9.53 Å². The molecule has 0 bridgehead atoms. The molecular weight excluding hydrogens is 295 g/mol. The zero-order valence-electron chi connectivity index (χ0n) is 12.2. The summed E-state index contributed by atoms with van der Waals surface area (Å²) in [6, 6.07) is 10.2. The van der Waals surface area contributed by atoms with Crippen LogP contribution < -0.4 is 0 Å². The van der Waals surface area contributed by atoms with Crippen LogP contribution in [0.15, 0.2) is 30.3 Å². The van der Waals surface area contributed by atoms with Crippen LogP contribution in [0.2, 0.25) is 0 Å². The van der Waals surface area contributed by atoms with Gasteiger partial charge < -0.3 is 4.74 Å². The zero-order chi connectivity index (χ0) is 15.2. The molecule has 0 aliphatic carbocycles. The van der Waals surface area contributed by atoms with Gasteiger partial charge in [-0.1, -0.05) is 44.2 Å². The minimum Gasteiger partial charge on any atom is -0.469 e. The molecule has 1 aromatic carbocycles. The number of hydrogen-bond acceptors (Lipinski definition) is 2. The highest BCUT2D eigenvalue weighted by Gasteiger charge is 2.32. The van der Waals surface area contributed by atoms with E-state index in [-0.39, 0.29) is 17.8 Å². The Hall–Kier alpha value is -0.730. The van der Waals surface area contributed by atoms with Crippen LogP contribution >= 0.6 is 23.2 Å². The fourth-order valence-electron chi connectivity index (χ4n) is 2.40. The number of benzene rings is 1. The molecule has 0 saturated heterocycles. The van der Waals surface area contributed by atoms with Gasteiger partial charge in [-0.25, -0.2) is 0 Å². The van der Waals surface area contributed by atoms with Crippen molar-refractivity contribution in [1.82, 2.24) is 0 Å². The number of rotatable bonds is 7. The molecule has 0 aromatic heterocycles. The summed E-state index contributed by atoms with van der Waals surface area (Å²) in [5, 5.41) is 0. The van der Waals surface area contributed by atoms with E-state index in [4.69, 9.17) is 27.9 Å². The van der Waals surface area contributed by atoms with E-state index >= 15 is 0 Å². The highest BCUT2D eigenvalue weighted by molar-refractivity contribution is 6.48.